The number of halogens is 5. The van der Waals surface area contributed by atoms with Crippen molar-refractivity contribution in [2.75, 3.05) is 97.4 Å². The number of hydrogen-bond donors (Lipinski definition) is 1. The maximum Gasteiger partial charge on any atom is 0.271 e. The van der Waals surface area contributed by atoms with Gasteiger partial charge in [0.25, 0.3) is 11.8 Å². The summed E-state index contributed by atoms with van der Waals surface area (Å²) < 4.78 is 12.2. The van der Waals surface area contributed by atoms with Crippen LogP contribution in [0.25, 0.3) is 22.5 Å². The fraction of sp³-hybridized carbons (Fsp3) is 0.385. The summed E-state index contributed by atoms with van der Waals surface area (Å²) in [5.41, 5.74) is 6.91. The molecule has 6 aromatic rings. The molecule has 0 radical (unpaired) electrons. The van der Waals surface area contributed by atoms with E-state index in [2.05, 4.69) is 35.1 Å². The summed E-state index contributed by atoms with van der Waals surface area (Å²) in [6.07, 6.45) is 3.17. The third-order valence-electron chi connectivity index (χ3n) is 12.6. The standard InChI is InChI=1S/C26H30Cl2N6O3.C14H18Cl2N2O2.C12H13ClN4O/c1-16-14-32(19-7-8-20(27)22(12-19)37-5)10-11-33(16)23(35)15-34-17(2)24(28)25(30-34)18-6-9-21(29-13-18)26(36)31(3)4;1-10-9-17(5-6-18(10)14(19)8-15)11-3-4-12(16)13(7-11)20-2;1-7-10(13)11(16-15-7)8-4-5-9(14-6-8)12(18)17(2)3/h6-9,12-13,16H,10-11,14-15H2,1-5H3;3-4,7,10H,5-6,8-9H2,1-2H3;4-6H,1-3H3,(H,15,16)/t16-;10-;/m00./s1. The number of methoxy groups -OCH3 is 2. The van der Waals surface area contributed by atoms with Gasteiger partial charge in [-0.3, -0.25) is 38.9 Å². The lowest BCUT2D eigenvalue weighted by atomic mass is 10.1. The van der Waals surface area contributed by atoms with E-state index in [1.54, 1.807) is 83.8 Å². The highest BCUT2D eigenvalue weighted by molar-refractivity contribution is 6.34. The second-order valence-corrected chi connectivity index (χ2v) is 20.1. The average Bonchev–Trinajstić information content (AvgIpc) is 3.89. The molecule has 0 saturated carbocycles. The van der Waals surface area contributed by atoms with Crippen LogP contribution in [-0.2, 0) is 16.1 Å². The lowest BCUT2D eigenvalue weighted by Crippen LogP contribution is -2.54. The van der Waals surface area contributed by atoms with Crippen LogP contribution in [0.1, 0.15) is 46.2 Å². The van der Waals surface area contributed by atoms with Crippen molar-refractivity contribution in [3.05, 3.63) is 116 Å². The third-order valence-corrected chi connectivity index (χ3v) is 14.4. The lowest BCUT2D eigenvalue weighted by molar-refractivity contribution is -0.134. The SMILES string of the molecule is COc1cc(N2CCN(C(=O)CCl)[C@@H](C)C2)ccc1Cl.COc1cc(N2CCN(C(=O)Cn3nc(-c4ccc(C(=O)N(C)C)nc4)c(Cl)c3C)[C@@H](C)C2)ccc1Cl.Cc1[nH]nc(-c2ccc(C(=O)N(C)C)nc2)c1Cl. The second-order valence-electron chi connectivity index (χ2n) is 18.2. The fourth-order valence-corrected chi connectivity index (χ4v) is 9.34. The zero-order valence-corrected chi connectivity index (χ0v) is 47.3. The minimum absolute atomic E-state index is 0.000267. The first-order valence-corrected chi connectivity index (χ1v) is 25.8. The number of aromatic amines is 1. The number of hydrogen-bond acceptors (Lipinski definition) is 12. The van der Waals surface area contributed by atoms with E-state index in [1.807, 2.05) is 73.9 Å². The zero-order chi connectivity index (χ0) is 54.8. The molecule has 400 valence electrons. The van der Waals surface area contributed by atoms with E-state index in [0.717, 1.165) is 35.7 Å². The minimum atomic E-state index is -0.186. The summed E-state index contributed by atoms with van der Waals surface area (Å²) in [5, 5.41) is 13.7. The smallest absolute Gasteiger partial charge is 0.271 e. The number of aromatic nitrogens is 6. The molecule has 0 spiro atoms. The molecule has 4 amide bonds. The van der Waals surface area contributed by atoms with E-state index < -0.39 is 0 Å². The Bertz CT molecular complexity index is 2970. The number of rotatable bonds is 11. The third kappa shape index (κ3) is 14.0. The van der Waals surface area contributed by atoms with Crippen LogP contribution in [0.2, 0.25) is 20.1 Å². The van der Waals surface area contributed by atoms with Gasteiger partial charge in [0.1, 0.15) is 46.7 Å². The molecule has 8 rings (SSSR count). The van der Waals surface area contributed by atoms with Gasteiger partial charge in [-0.05, 0) is 76.2 Å². The first-order chi connectivity index (χ1) is 35.7. The van der Waals surface area contributed by atoms with Crippen molar-refractivity contribution in [2.24, 2.45) is 0 Å². The second kappa shape index (κ2) is 26.0. The monoisotopic (exact) mass is 1120 g/mol. The summed E-state index contributed by atoms with van der Waals surface area (Å²) in [6.45, 7) is 12.0. The number of carbonyl (C=O) groups is 4. The molecule has 2 fully saturated rings. The number of nitrogens with zero attached hydrogens (tertiary/aromatic N) is 11. The van der Waals surface area contributed by atoms with Crippen LogP contribution in [-0.4, -0.2) is 173 Å². The highest BCUT2D eigenvalue weighted by atomic mass is 35.5. The molecule has 18 nitrogen and oxygen atoms in total. The molecule has 4 aromatic heterocycles. The molecule has 2 aliphatic rings. The average molecular weight is 1130 g/mol. The summed E-state index contributed by atoms with van der Waals surface area (Å²) in [7, 11) is 9.91. The number of amides is 4. The van der Waals surface area contributed by atoms with Gasteiger partial charge in [0.2, 0.25) is 11.8 Å². The fourth-order valence-electron chi connectivity index (χ4n) is 8.36. The maximum atomic E-state index is 13.3. The van der Waals surface area contributed by atoms with Gasteiger partial charge in [-0.1, -0.05) is 46.4 Å². The first kappa shape index (κ1) is 58.0. The summed E-state index contributed by atoms with van der Waals surface area (Å²) in [5.74, 6) is 0.976. The van der Waals surface area contributed by atoms with Gasteiger partial charge in [-0.2, -0.15) is 10.2 Å². The van der Waals surface area contributed by atoms with Crippen molar-refractivity contribution in [1.29, 1.82) is 0 Å². The Morgan fingerprint density at radius 2 is 1.12 bits per heavy atom. The molecule has 2 aliphatic heterocycles. The van der Waals surface area contributed by atoms with Crippen molar-refractivity contribution in [3.63, 3.8) is 0 Å². The molecular formula is C52H61Cl5N12O6. The van der Waals surface area contributed by atoms with Crippen LogP contribution in [0, 0.1) is 13.8 Å². The molecule has 0 unspecified atom stereocenters. The van der Waals surface area contributed by atoms with E-state index in [1.165, 1.54) is 9.80 Å². The molecule has 1 N–H and O–H groups in total. The van der Waals surface area contributed by atoms with Crippen LogP contribution in [0.15, 0.2) is 73.1 Å². The van der Waals surface area contributed by atoms with Crippen LogP contribution in [0.5, 0.6) is 11.5 Å². The molecule has 0 aliphatic carbocycles. The Hall–Kier alpha value is -6.31. The Balaban J connectivity index is 0.000000202. The van der Waals surface area contributed by atoms with E-state index in [4.69, 9.17) is 67.5 Å². The van der Waals surface area contributed by atoms with Gasteiger partial charge in [-0.15, -0.1) is 11.6 Å². The molecule has 2 saturated heterocycles. The normalized spacial score (nSPS) is 15.3. The van der Waals surface area contributed by atoms with Gasteiger partial charge in [-0.25, -0.2) is 0 Å². The number of carbonyl (C=O) groups excluding carboxylic acids is 4. The van der Waals surface area contributed by atoms with E-state index in [0.29, 0.717) is 91.8 Å². The number of H-pyrrole nitrogens is 1. The van der Waals surface area contributed by atoms with Crippen molar-refractivity contribution < 1.29 is 28.7 Å². The van der Waals surface area contributed by atoms with Gasteiger partial charge < -0.3 is 38.9 Å². The van der Waals surface area contributed by atoms with Crippen LogP contribution < -0.4 is 19.3 Å². The molecule has 0 bridgehead atoms. The van der Waals surface area contributed by atoms with Crippen LogP contribution in [0.3, 0.4) is 0 Å². The minimum Gasteiger partial charge on any atom is -0.495 e. The molecule has 2 atom stereocenters. The molecule has 2 aromatic carbocycles. The predicted octanol–water partition coefficient (Wildman–Crippen LogP) is 8.77. The van der Waals surface area contributed by atoms with Crippen molar-refractivity contribution >= 4 is 93.0 Å². The summed E-state index contributed by atoms with van der Waals surface area (Å²) in [4.78, 5) is 68.2. The van der Waals surface area contributed by atoms with E-state index >= 15 is 0 Å². The van der Waals surface area contributed by atoms with Gasteiger partial charge in [0.15, 0.2) is 0 Å². The highest BCUT2D eigenvalue weighted by Gasteiger charge is 2.30. The number of piperazine rings is 2. The number of benzene rings is 2. The summed E-state index contributed by atoms with van der Waals surface area (Å²) in [6, 6.07) is 18.4. The van der Waals surface area contributed by atoms with Crippen LogP contribution >= 0.6 is 58.0 Å². The lowest BCUT2D eigenvalue weighted by Gasteiger charge is -2.41. The number of aryl methyl sites for hydroxylation is 1. The molecule has 23 heteroatoms. The van der Waals surface area contributed by atoms with Crippen molar-refractivity contribution in [3.8, 4) is 34.0 Å². The van der Waals surface area contributed by atoms with E-state index in [9.17, 15) is 19.2 Å². The number of anilines is 2. The Morgan fingerprint density at radius 1 is 0.653 bits per heavy atom. The van der Waals surface area contributed by atoms with Gasteiger partial charge >= 0.3 is 0 Å². The van der Waals surface area contributed by atoms with Crippen molar-refractivity contribution in [1.82, 2.24) is 49.5 Å². The van der Waals surface area contributed by atoms with Crippen molar-refractivity contribution in [2.45, 2.75) is 46.3 Å². The Labute approximate surface area is 462 Å². The predicted molar refractivity (Wildman–Crippen MR) is 296 cm³/mol. The Morgan fingerprint density at radius 3 is 1.51 bits per heavy atom. The van der Waals surface area contributed by atoms with E-state index in [-0.39, 0.29) is 48.1 Å². The van der Waals surface area contributed by atoms with Crippen LogP contribution in [0.4, 0.5) is 11.4 Å². The highest BCUT2D eigenvalue weighted by Crippen LogP contribution is 2.34. The van der Waals surface area contributed by atoms with Gasteiger partial charge in [0, 0.05) is 127 Å². The quantitative estimate of drug-likeness (QED) is 0.122. The zero-order valence-electron chi connectivity index (χ0n) is 43.5. The van der Waals surface area contributed by atoms with Gasteiger partial charge in [0.05, 0.1) is 45.7 Å². The molecule has 75 heavy (non-hydrogen) atoms. The summed E-state index contributed by atoms with van der Waals surface area (Å²) >= 11 is 30.5. The topological polar surface area (TPSA) is 178 Å². The molecular weight excluding hydrogens is 1070 g/mol. The first-order valence-electron chi connectivity index (χ1n) is 23.8. The largest absolute Gasteiger partial charge is 0.495 e. The number of ether oxygens (including phenoxy) is 2. The Kier molecular flexibility index (Phi) is 20.1. The number of alkyl halides is 1. The number of pyridine rings is 2. The molecule has 6 heterocycles. The number of nitrogens with one attached hydrogen (secondary N) is 1. The maximum absolute atomic E-state index is 13.3.